The second-order valence-corrected chi connectivity index (χ2v) is 15.4. The zero-order valence-corrected chi connectivity index (χ0v) is 31.7. The van der Waals surface area contributed by atoms with Crippen molar-refractivity contribution >= 4 is 11.8 Å². The third-order valence-corrected chi connectivity index (χ3v) is 12.0. The summed E-state index contributed by atoms with van der Waals surface area (Å²) in [4.78, 5) is 47.1. The van der Waals surface area contributed by atoms with Crippen molar-refractivity contribution in [2.75, 3.05) is 66.6 Å². The molecule has 3 aliphatic heterocycles. The van der Waals surface area contributed by atoms with Crippen LogP contribution in [0.5, 0.6) is 11.8 Å². The number of carbonyl (C=O) groups excluding carboxylic acids is 2. The number of pyridine rings is 1. The first kappa shape index (κ1) is 35.2. The van der Waals surface area contributed by atoms with Gasteiger partial charge >= 0.3 is 0 Å². The van der Waals surface area contributed by atoms with Gasteiger partial charge in [-0.2, -0.15) is 0 Å². The van der Waals surface area contributed by atoms with Crippen LogP contribution < -0.4 is 9.47 Å². The molecule has 2 aromatic carbocycles. The van der Waals surface area contributed by atoms with E-state index in [1.807, 2.05) is 16.0 Å². The summed E-state index contributed by atoms with van der Waals surface area (Å²) < 4.78 is 11.8. The number of carbonyl (C=O) groups is 2. The van der Waals surface area contributed by atoms with Crippen LogP contribution >= 0.6 is 0 Å². The lowest BCUT2D eigenvalue weighted by Crippen LogP contribution is -2.72. The van der Waals surface area contributed by atoms with E-state index in [0.29, 0.717) is 18.5 Å². The van der Waals surface area contributed by atoms with E-state index >= 15 is 0 Å². The molecule has 0 N–H and O–H groups in total. The smallest absolute Gasteiger partial charge is 0.237 e. The van der Waals surface area contributed by atoms with Crippen LogP contribution in [0.1, 0.15) is 54.3 Å². The molecule has 4 aliphatic rings. The quantitative estimate of drug-likeness (QED) is 0.240. The first-order chi connectivity index (χ1) is 25.6. The minimum Gasteiger partial charge on any atom is -0.481 e. The lowest BCUT2D eigenvalue weighted by Gasteiger charge is -2.61. The van der Waals surface area contributed by atoms with Crippen molar-refractivity contribution in [1.82, 2.24) is 34.6 Å². The molecule has 5 heterocycles. The molecular weight excluding hydrogens is 667 g/mol. The van der Waals surface area contributed by atoms with Gasteiger partial charge in [0.2, 0.25) is 23.6 Å². The lowest BCUT2D eigenvalue weighted by atomic mass is 9.72. The van der Waals surface area contributed by atoms with Crippen LogP contribution in [-0.2, 0) is 22.6 Å². The molecular formula is C42H49N7O4. The summed E-state index contributed by atoms with van der Waals surface area (Å²) in [6.45, 7) is 15.1. The molecule has 3 saturated heterocycles. The van der Waals surface area contributed by atoms with Crippen LogP contribution in [0.2, 0.25) is 0 Å². The first-order valence-corrected chi connectivity index (χ1v) is 18.7. The number of ether oxygens (including phenoxy) is 2. The van der Waals surface area contributed by atoms with Gasteiger partial charge in [-0.25, -0.2) is 9.97 Å². The second kappa shape index (κ2) is 13.8. The largest absolute Gasteiger partial charge is 0.481 e. The molecule has 1 spiro atoms. The molecule has 1 aliphatic carbocycles. The summed E-state index contributed by atoms with van der Waals surface area (Å²) in [6, 6.07) is 15.4. The fourth-order valence-corrected chi connectivity index (χ4v) is 9.10. The number of fused-ring (bicyclic) bond motifs is 1. The van der Waals surface area contributed by atoms with Crippen LogP contribution in [0.4, 0.5) is 0 Å². The van der Waals surface area contributed by atoms with Gasteiger partial charge in [0.05, 0.1) is 31.8 Å². The third kappa shape index (κ3) is 6.33. The zero-order valence-electron chi connectivity index (χ0n) is 31.7. The van der Waals surface area contributed by atoms with Gasteiger partial charge in [0.15, 0.2) is 0 Å². The fourth-order valence-electron chi connectivity index (χ4n) is 9.10. The zero-order chi connectivity index (χ0) is 37.0. The molecule has 8 rings (SSSR count). The molecule has 4 aromatic rings. The van der Waals surface area contributed by atoms with Gasteiger partial charge in [-0.3, -0.25) is 24.4 Å². The average molecular weight is 716 g/mol. The Labute approximate surface area is 311 Å². The van der Waals surface area contributed by atoms with Gasteiger partial charge in [0.1, 0.15) is 5.69 Å². The van der Waals surface area contributed by atoms with Crippen LogP contribution in [0.3, 0.4) is 0 Å². The molecule has 0 unspecified atom stereocenters. The highest BCUT2D eigenvalue weighted by molar-refractivity contribution is 5.83. The van der Waals surface area contributed by atoms with Gasteiger partial charge in [0, 0.05) is 101 Å². The summed E-state index contributed by atoms with van der Waals surface area (Å²) >= 11 is 0. The maximum atomic E-state index is 11.8. The minimum atomic E-state index is 0.120. The Morgan fingerprint density at radius 2 is 1.36 bits per heavy atom. The summed E-state index contributed by atoms with van der Waals surface area (Å²) in [5.41, 5.74) is 11.9. The van der Waals surface area contributed by atoms with Crippen LogP contribution in [0, 0.1) is 19.3 Å². The number of aromatic nitrogens is 3. The average Bonchev–Trinajstić information content (AvgIpc) is 3.54. The predicted molar refractivity (Wildman–Crippen MR) is 204 cm³/mol. The van der Waals surface area contributed by atoms with Crippen LogP contribution in [0.25, 0.3) is 33.6 Å². The minimum absolute atomic E-state index is 0.120. The monoisotopic (exact) mass is 715 g/mol. The Bertz CT molecular complexity index is 2080. The van der Waals surface area contributed by atoms with E-state index in [9.17, 15) is 9.59 Å². The number of amides is 2. The Balaban J connectivity index is 1.04. The molecule has 0 bridgehead atoms. The number of hydrogen-bond acceptors (Lipinski definition) is 9. The van der Waals surface area contributed by atoms with Gasteiger partial charge < -0.3 is 19.3 Å². The topological polar surface area (TPSA) is 104 Å². The number of piperazine rings is 1. The summed E-state index contributed by atoms with van der Waals surface area (Å²) in [5, 5.41) is 0. The highest BCUT2D eigenvalue weighted by Gasteiger charge is 2.55. The van der Waals surface area contributed by atoms with Crippen LogP contribution in [-0.4, -0.2) is 113 Å². The number of benzene rings is 2. The standard InChI is InChI=1S/C42H49N7O4/c1-26-31(32-10-8-12-34(27(32)2)36-20-43-37(40(45-36)52-5)21-46-15-17-47(18-16-46)28(3)50)9-7-11-33(26)35-19-30-13-14-38(39(30)41(44-35)53-6)49-24-42(25-49)22-48(23-42)29(4)51/h7-12,19-20,38H,13-18,21-25H2,1-6H3/t38-/m0/s1. The summed E-state index contributed by atoms with van der Waals surface area (Å²) in [5.74, 6) is 1.54. The number of likely N-dealkylation sites (tertiary alicyclic amines) is 2. The number of rotatable bonds is 8. The Hall–Kier alpha value is -4.87. The van der Waals surface area contributed by atoms with E-state index in [1.54, 1.807) is 28.1 Å². The van der Waals surface area contributed by atoms with Crippen molar-refractivity contribution in [3.05, 3.63) is 76.6 Å². The van der Waals surface area contributed by atoms with Gasteiger partial charge in [0.25, 0.3) is 0 Å². The number of nitrogens with zero attached hydrogens (tertiary/aromatic N) is 7. The third-order valence-electron chi connectivity index (χ3n) is 12.0. The number of methoxy groups -OCH3 is 2. The van der Waals surface area contributed by atoms with E-state index in [4.69, 9.17) is 24.4 Å². The summed E-state index contributed by atoms with van der Waals surface area (Å²) in [6.07, 6.45) is 3.90. The van der Waals surface area contributed by atoms with Gasteiger partial charge in [-0.15, -0.1) is 0 Å². The van der Waals surface area contributed by atoms with Gasteiger partial charge in [-0.1, -0.05) is 36.4 Å². The molecule has 3 fully saturated rings. The highest BCUT2D eigenvalue weighted by Crippen LogP contribution is 2.50. The van der Waals surface area contributed by atoms with Crippen molar-refractivity contribution in [2.45, 2.75) is 53.1 Å². The molecule has 2 aromatic heterocycles. The Morgan fingerprint density at radius 3 is 1.96 bits per heavy atom. The number of hydrogen-bond donors (Lipinski definition) is 0. The molecule has 11 nitrogen and oxygen atoms in total. The molecule has 2 amide bonds. The van der Waals surface area contributed by atoms with E-state index in [2.05, 4.69) is 66.1 Å². The Kier molecular flexibility index (Phi) is 9.18. The van der Waals surface area contributed by atoms with Crippen molar-refractivity contribution in [2.24, 2.45) is 5.41 Å². The lowest BCUT2D eigenvalue weighted by molar-refractivity contribution is -0.161. The maximum absolute atomic E-state index is 11.8. The molecule has 11 heteroatoms. The molecule has 0 radical (unpaired) electrons. The van der Waals surface area contributed by atoms with Gasteiger partial charge in [-0.05, 0) is 60.6 Å². The predicted octanol–water partition coefficient (Wildman–Crippen LogP) is 5.32. The van der Waals surface area contributed by atoms with Crippen molar-refractivity contribution < 1.29 is 19.1 Å². The van der Waals surface area contributed by atoms with Crippen molar-refractivity contribution in [3.63, 3.8) is 0 Å². The second-order valence-electron chi connectivity index (χ2n) is 15.4. The molecule has 0 saturated carbocycles. The maximum Gasteiger partial charge on any atom is 0.237 e. The van der Waals surface area contributed by atoms with Crippen molar-refractivity contribution in [3.8, 4) is 45.4 Å². The normalized spacial score (nSPS) is 19.5. The molecule has 276 valence electrons. The van der Waals surface area contributed by atoms with E-state index in [0.717, 1.165) is 122 Å². The Morgan fingerprint density at radius 1 is 0.774 bits per heavy atom. The van der Waals surface area contributed by atoms with Crippen LogP contribution in [0.15, 0.2) is 48.7 Å². The van der Waals surface area contributed by atoms with E-state index in [-0.39, 0.29) is 17.2 Å². The SMILES string of the molecule is COc1nc(-c2cccc(-c3cccc(-c4cc5c(c(OC)n4)[C@@H](N4CC6(CN(C(C)=O)C6)C4)CC5)c3C)c2C)cnc1CN1CCN(C(C)=O)CC1. The van der Waals surface area contributed by atoms with Crippen molar-refractivity contribution in [1.29, 1.82) is 0 Å². The fraction of sp³-hybridized carbons (Fsp3) is 0.452. The first-order valence-electron chi connectivity index (χ1n) is 18.7. The summed E-state index contributed by atoms with van der Waals surface area (Å²) in [7, 11) is 3.38. The molecule has 53 heavy (non-hydrogen) atoms. The number of aryl methyl sites for hydroxylation is 1. The van der Waals surface area contributed by atoms with E-state index in [1.165, 1.54) is 11.1 Å². The molecule has 1 atom stereocenters. The van der Waals surface area contributed by atoms with E-state index < -0.39 is 0 Å². The highest BCUT2D eigenvalue weighted by atomic mass is 16.5.